The molecule has 1 aliphatic carbocycles. The van der Waals surface area contributed by atoms with Gasteiger partial charge in [0.15, 0.2) is 0 Å². The fraction of sp³-hybridized carbons (Fsp3) is 0.385. The third-order valence-electron chi connectivity index (χ3n) is 3.29. The van der Waals surface area contributed by atoms with Gasteiger partial charge in [-0.05, 0) is 38.0 Å². The van der Waals surface area contributed by atoms with Crippen molar-refractivity contribution in [3.63, 3.8) is 0 Å². The summed E-state index contributed by atoms with van der Waals surface area (Å²) in [7, 11) is 0. The second-order valence-corrected chi connectivity index (χ2v) is 5.36. The van der Waals surface area contributed by atoms with E-state index in [1.165, 1.54) is 30.3 Å². The first-order valence-corrected chi connectivity index (χ1v) is 6.47. The molecule has 2 aromatic rings. The van der Waals surface area contributed by atoms with Gasteiger partial charge >= 0.3 is 0 Å². The minimum absolute atomic E-state index is 0.651. The average Bonchev–Trinajstić information content (AvgIpc) is 2.16. The molecule has 2 nitrogen and oxygen atoms in total. The number of fused-ring (bicyclic) bond motifs is 1. The van der Waals surface area contributed by atoms with Crippen LogP contribution in [0.3, 0.4) is 0 Å². The second-order valence-electron chi connectivity index (χ2n) is 4.45. The molecule has 1 aromatic carbocycles. The predicted octanol–water partition coefficient (Wildman–Crippen LogP) is 3.97. The van der Waals surface area contributed by atoms with Crippen LogP contribution in [0.5, 0.6) is 0 Å². The summed E-state index contributed by atoms with van der Waals surface area (Å²) >= 11 is 3.52. The average molecular weight is 277 g/mol. The van der Waals surface area contributed by atoms with E-state index in [-0.39, 0.29) is 0 Å². The van der Waals surface area contributed by atoms with Crippen LogP contribution in [-0.2, 0) is 0 Å². The molecule has 0 unspecified atom stereocenters. The summed E-state index contributed by atoms with van der Waals surface area (Å²) in [5.41, 5.74) is 2.31. The fourth-order valence-corrected chi connectivity index (χ4v) is 2.60. The van der Waals surface area contributed by atoms with E-state index < -0.39 is 0 Å². The Labute approximate surface area is 103 Å². The number of aryl methyl sites for hydroxylation is 1. The zero-order valence-electron chi connectivity index (χ0n) is 9.20. The topological polar surface area (TPSA) is 25.8 Å². The van der Waals surface area contributed by atoms with E-state index in [1.54, 1.807) is 0 Å². The monoisotopic (exact) mass is 276 g/mol. The molecular weight excluding hydrogens is 264 g/mol. The van der Waals surface area contributed by atoms with Crippen LogP contribution < -0.4 is 0 Å². The predicted molar refractivity (Wildman–Crippen MR) is 68.6 cm³/mol. The number of benzene rings is 1. The van der Waals surface area contributed by atoms with Crippen molar-refractivity contribution in [1.82, 2.24) is 9.97 Å². The molecule has 0 spiro atoms. The smallest absolute Gasteiger partial charge is 0.126 e. The Morgan fingerprint density at radius 2 is 2.06 bits per heavy atom. The van der Waals surface area contributed by atoms with Gasteiger partial charge in [0.1, 0.15) is 5.82 Å². The van der Waals surface area contributed by atoms with Gasteiger partial charge < -0.3 is 0 Å². The van der Waals surface area contributed by atoms with Gasteiger partial charge in [0.25, 0.3) is 0 Å². The first-order valence-electron chi connectivity index (χ1n) is 5.68. The van der Waals surface area contributed by atoms with Crippen molar-refractivity contribution in [3.8, 4) is 0 Å². The summed E-state index contributed by atoms with van der Waals surface area (Å²) in [6.07, 6.45) is 3.89. The Kier molecular flexibility index (Phi) is 2.43. The van der Waals surface area contributed by atoms with Gasteiger partial charge in [-0.2, -0.15) is 0 Å². The highest BCUT2D eigenvalue weighted by Gasteiger charge is 2.23. The molecule has 1 fully saturated rings. The lowest BCUT2D eigenvalue weighted by molar-refractivity contribution is 0.413. The normalized spacial score (nSPS) is 16.4. The summed E-state index contributed by atoms with van der Waals surface area (Å²) < 4.78 is 1.10. The first kappa shape index (κ1) is 10.2. The van der Waals surface area contributed by atoms with Gasteiger partial charge in [-0.15, -0.1) is 0 Å². The van der Waals surface area contributed by atoms with Crippen molar-refractivity contribution in [3.05, 3.63) is 34.2 Å². The summed E-state index contributed by atoms with van der Waals surface area (Å²) in [6.45, 7) is 1.98. The van der Waals surface area contributed by atoms with E-state index in [0.29, 0.717) is 5.92 Å². The molecular formula is C13H13BrN2. The number of rotatable bonds is 1. The van der Waals surface area contributed by atoms with Gasteiger partial charge in [0, 0.05) is 15.8 Å². The summed E-state index contributed by atoms with van der Waals surface area (Å²) in [5.74, 6) is 1.54. The van der Waals surface area contributed by atoms with Crippen LogP contribution in [-0.4, -0.2) is 9.97 Å². The minimum atomic E-state index is 0.651. The third kappa shape index (κ3) is 1.63. The van der Waals surface area contributed by atoms with E-state index in [0.717, 1.165) is 15.8 Å². The Hall–Kier alpha value is -0.960. The Bertz CT molecular complexity index is 547. The molecule has 0 amide bonds. The van der Waals surface area contributed by atoms with E-state index in [1.807, 2.05) is 13.0 Å². The molecule has 3 heteroatoms. The standard InChI is InChI=1S/C13H13BrN2/c1-8-15-12-6-5-10(14)7-11(12)13(16-8)9-3-2-4-9/h5-7,9H,2-4H2,1H3. The quantitative estimate of drug-likeness (QED) is 0.788. The third-order valence-corrected chi connectivity index (χ3v) is 3.78. The maximum Gasteiger partial charge on any atom is 0.126 e. The molecule has 0 radical (unpaired) electrons. The first-order chi connectivity index (χ1) is 7.74. The highest BCUT2D eigenvalue weighted by molar-refractivity contribution is 9.10. The molecule has 1 heterocycles. The molecule has 1 aromatic heterocycles. The lowest BCUT2D eigenvalue weighted by Crippen LogP contribution is -2.12. The molecule has 1 saturated carbocycles. The second kappa shape index (κ2) is 3.81. The summed E-state index contributed by atoms with van der Waals surface area (Å²) in [4.78, 5) is 9.12. The zero-order valence-corrected chi connectivity index (χ0v) is 10.8. The van der Waals surface area contributed by atoms with Gasteiger partial charge in [0.05, 0.1) is 11.2 Å². The lowest BCUT2D eigenvalue weighted by atomic mass is 9.81. The van der Waals surface area contributed by atoms with Crippen LogP contribution in [0.4, 0.5) is 0 Å². The fourth-order valence-electron chi connectivity index (χ4n) is 2.24. The minimum Gasteiger partial charge on any atom is -0.237 e. The Morgan fingerprint density at radius 3 is 2.75 bits per heavy atom. The van der Waals surface area contributed by atoms with E-state index in [9.17, 15) is 0 Å². The molecule has 0 saturated heterocycles. The lowest BCUT2D eigenvalue weighted by Gasteiger charge is -2.26. The van der Waals surface area contributed by atoms with E-state index in [2.05, 4.69) is 38.0 Å². The molecule has 0 aliphatic heterocycles. The maximum atomic E-state index is 4.63. The SMILES string of the molecule is Cc1nc(C2CCC2)c2cc(Br)ccc2n1. The number of aromatic nitrogens is 2. The molecule has 0 N–H and O–H groups in total. The summed E-state index contributed by atoms with van der Waals surface area (Å²) in [6, 6.07) is 6.25. The number of hydrogen-bond acceptors (Lipinski definition) is 2. The maximum absolute atomic E-state index is 4.63. The van der Waals surface area contributed by atoms with Crippen LogP contribution >= 0.6 is 15.9 Å². The van der Waals surface area contributed by atoms with E-state index >= 15 is 0 Å². The molecule has 1 aliphatic rings. The molecule has 82 valence electrons. The van der Waals surface area contributed by atoms with E-state index in [4.69, 9.17) is 0 Å². The number of nitrogens with zero attached hydrogens (tertiary/aromatic N) is 2. The molecule has 16 heavy (non-hydrogen) atoms. The zero-order chi connectivity index (χ0) is 11.1. The van der Waals surface area contributed by atoms with Crippen molar-refractivity contribution >= 4 is 26.8 Å². The van der Waals surface area contributed by atoms with Crippen molar-refractivity contribution in [1.29, 1.82) is 0 Å². The Morgan fingerprint density at radius 1 is 1.25 bits per heavy atom. The van der Waals surface area contributed by atoms with Crippen LogP contribution in [0.15, 0.2) is 22.7 Å². The molecule has 0 atom stereocenters. The molecule has 0 bridgehead atoms. The number of hydrogen-bond donors (Lipinski definition) is 0. The highest BCUT2D eigenvalue weighted by atomic mass is 79.9. The van der Waals surface area contributed by atoms with Crippen molar-refractivity contribution in [2.75, 3.05) is 0 Å². The number of halogens is 1. The van der Waals surface area contributed by atoms with Crippen molar-refractivity contribution < 1.29 is 0 Å². The van der Waals surface area contributed by atoms with Crippen LogP contribution in [0.25, 0.3) is 10.9 Å². The largest absolute Gasteiger partial charge is 0.237 e. The van der Waals surface area contributed by atoms with Crippen molar-refractivity contribution in [2.24, 2.45) is 0 Å². The highest BCUT2D eigenvalue weighted by Crippen LogP contribution is 2.38. The molecule has 3 rings (SSSR count). The van der Waals surface area contributed by atoms with Crippen LogP contribution in [0.1, 0.15) is 36.7 Å². The van der Waals surface area contributed by atoms with Gasteiger partial charge in [-0.1, -0.05) is 22.4 Å². The van der Waals surface area contributed by atoms with Gasteiger partial charge in [-0.3, -0.25) is 0 Å². The van der Waals surface area contributed by atoms with Crippen LogP contribution in [0, 0.1) is 6.92 Å². The Balaban J connectivity index is 2.26. The van der Waals surface area contributed by atoms with Gasteiger partial charge in [0.2, 0.25) is 0 Å². The summed E-state index contributed by atoms with van der Waals surface area (Å²) in [5, 5.41) is 1.21. The van der Waals surface area contributed by atoms with Crippen molar-refractivity contribution in [2.45, 2.75) is 32.1 Å². The van der Waals surface area contributed by atoms with Crippen LogP contribution in [0.2, 0.25) is 0 Å². The van der Waals surface area contributed by atoms with Gasteiger partial charge in [-0.25, -0.2) is 9.97 Å².